The Hall–Kier alpha value is -2.24. The van der Waals surface area contributed by atoms with Gasteiger partial charge in [-0.15, -0.1) is 10.2 Å². The van der Waals surface area contributed by atoms with Gasteiger partial charge in [0.05, 0.1) is 6.04 Å². The Morgan fingerprint density at radius 2 is 2.19 bits per heavy atom. The highest BCUT2D eigenvalue weighted by Gasteiger charge is 2.21. The lowest BCUT2D eigenvalue weighted by molar-refractivity contribution is 0.0932. The third-order valence-corrected chi connectivity index (χ3v) is 3.77. The van der Waals surface area contributed by atoms with Crippen LogP contribution in [0.1, 0.15) is 54.4 Å². The Labute approximate surface area is 123 Å². The van der Waals surface area contributed by atoms with Crippen LogP contribution >= 0.6 is 0 Å². The number of fused-ring (bicyclic) bond motifs is 1. The van der Waals surface area contributed by atoms with Crippen LogP contribution in [0.3, 0.4) is 0 Å². The van der Waals surface area contributed by atoms with Crippen LogP contribution in [0.5, 0.6) is 0 Å². The van der Waals surface area contributed by atoms with Crippen molar-refractivity contribution in [3.05, 3.63) is 41.7 Å². The maximum atomic E-state index is 12.2. The van der Waals surface area contributed by atoms with E-state index in [2.05, 4.69) is 25.1 Å². The van der Waals surface area contributed by atoms with E-state index in [1.807, 2.05) is 6.92 Å². The zero-order valence-corrected chi connectivity index (χ0v) is 12.1. The molecule has 0 aromatic carbocycles. The van der Waals surface area contributed by atoms with Crippen molar-refractivity contribution < 1.29 is 4.79 Å². The van der Waals surface area contributed by atoms with Gasteiger partial charge in [-0.25, -0.2) is 0 Å². The van der Waals surface area contributed by atoms with E-state index in [0.29, 0.717) is 5.69 Å². The SMILES string of the molecule is C[C@H](NC(=O)c1ccccn1)c1nnc2n1CCCCC2. The first-order valence-corrected chi connectivity index (χ1v) is 7.39. The van der Waals surface area contributed by atoms with Gasteiger partial charge in [0.15, 0.2) is 5.82 Å². The van der Waals surface area contributed by atoms with E-state index in [1.165, 1.54) is 6.42 Å². The van der Waals surface area contributed by atoms with E-state index >= 15 is 0 Å². The van der Waals surface area contributed by atoms with Crippen LogP contribution in [0.15, 0.2) is 24.4 Å². The molecule has 0 bridgehead atoms. The van der Waals surface area contributed by atoms with Crippen molar-refractivity contribution in [1.82, 2.24) is 25.1 Å². The monoisotopic (exact) mass is 285 g/mol. The molecule has 0 radical (unpaired) electrons. The van der Waals surface area contributed by atoms with Crippen LogP contribution in [-0.2, 0) is 13.0 Å². The topological polar surface area (TPSA) is 72.7 Å². The maximum Gasteiger partial charge on any atom is 0.270 e. The average molecular weight is 285 g/mol. The molecule has 3 heterocycles. The Morgan fingerprint density at radius 1 is 1.29 bits per heavy atom. The first kappa shape index (κ1) is 13.7. The van der Waals surface area contributed by atoms with Crippen LogP contribution in [-0.4, -0.2) is 25.7 Å². The van der Waals surface area contributed by atoms with Crippen molar-refractivity contribution >= 4 is 5.91 Å². The van der Waals surface area contributed by atoms with Gasteiger partial charge in [-0.05, 0) is 31.9 Å². The molecular weight excluding hydrogens is 266 g/mol. The number of hydrogen-bond acceptors (Lipinski definition) is 4. The van der Waals surface area contributed by atoms with Gasteiger partial charge in [0.2, 0.25) is 0 Å². The van der Waals surface area contributed by atoms with Gasteiger partial charge in [0.1, 0.15) is 11.5 Å². The van der Waals surface area contributed by atoms with Crippen LogP contribution in [0.4, 0.5) is 0 Å². The van der Waals surface area contributed by atoms with Gasteiger partial charge >= 0.3 is 0 Å². The van der Waals surface area contributed by atoms with Gasteiger partial charge in [-0.3, -0.25) is 9.78 Å². The Balaban J connectivity index is 1.75. The van der Waals surface area contributed by atoms with Crippen molar-refractivity contribution in [3.63, 3.8) is 0 Å². The lowest BCUT2D eigenvalue weighted by Gasteiger charge is -2.15. The minimum atomic E-state index is -0.186. The van der Waals surface area contributed by atoms with Crippen LogP contribution in [0, 0.1) is 0 Å². The number of carbonyl (C=O) groups is 1. The van der Waals surface area contributed by atoms with E-state index in [1.54, 1.807) is 24.4 Å². The number of nitrogens with one attached hydrogen (secondary N) is 1. The largest absolute Gasteiger partial charge is 0.341 e. The third kappa shape index (κ3) is 2.94. The van der Waals surface area contributed by atoms with Gasteiger partial charge in [-0.1, -0.05) is 12.5 Å². The molecule has 1 amide bonds. The van der Waals surface area contributed by atoms with E-state index < -0.39 is 0 Å². The Bertz CT molecular complexity index is 622. The lowest BCUT2D eigenvalue weighted by Crippen LogP contribution is -2.29. The molecular formula is C15H19N5O. The van der Waals surface area contributed by atoms with Gasteiger partial charge < -0.3 is 9.88 Å². The second-order valence-corrected chi connectivity index (χ2v) is 5.35. The summed E-state index contributed by atoms with van der Waals surface area (Å²) in [6.45, 7) is 2.87. The average Bonchev–Trinajstić information content (AvgIpc) is 2.77. The number of pyridine rings is 1. The highest BCUT2D eigenvalue weighted by molar-refractivity contribution is 5.92. The van der Waals surface area contributed by atoms with E-state index in [0.717, 1.165) is 37.5 Å². The number of hydrogen-bond donors (Lipinski definition) is 1. The summed E-state index contributed by atoms with van der Waals surface area (Å²) in [7, 11) is 0. The van der Waals surface area contributed by atoms with Gasteiger partial charge in [0.25, 0.3) is 5.91 Å². The van der Waals surface area contributed by atoms with Crippen LogP contribution in [0.25, 0.3) is 0 Å². The molecule has 1 aliphatic heterocycles. The molecule has 0 unspecified atom stereocenters. The second kappa shape index (κ2) is 6.03. The first-order chi connectivity index (χ1) is 10.3. The number of amides is 1. The summed E-state index contributed by atoms with van der Waals surface area (Å²) in [5.74, 6) is 1.67. The van der Waals surface area contributed by atoms with E-state index in [-0.39, 0.29) is 11.9 Å². The molecule has 1 N–H and O–H groups in total. The molecule has 2 aromatic heterocycles. The number of nitrogens with zero attached hydrogens (tertiary/aromatic N) is 4. The molecule has 2 aromatic rings. The number of aryl methyl sites for hydroxylation is 1. The number of carbonyl (C=O) groups excluding carboxylic acids is 1. The molecule has 6 nitrogen and oxygen atoms in total. The zero-order valence-electron chi connectivity index (χ0n) is 12.1. The molecule has 1 atom stereocenters. The minimum Gasteiger partial charge on any atom is -0.341 e. The van der Waals surface area contributed by atoms with Crippen molar-refractivity contribution in [2.45, 2.75) is 45.2 Å². The normalized spacial score (nSPS) is 15.9. The highest BCUT2D eigenvalue weighted by atomic mass is 16.1. The van der Waals surface area contributed by atoms with Crippen LogP contribution in [0.2, 0.25) is 0 Å². The number of aromatic nitrogens is 4. The predicted octanol–water partition coefficient (Wildman–Crippen LogP) is 1.89. The molecule has 0 spiro atoms. The summed E-state index contributed by atoms with van der Waals surface area (Å²) < 4.78 is 2.15. The summed E-state index contributed by atoms with van der Waals surface area (Å²) >= 11 is 0. The Morgan fingerprint density at radius 3 is 3.00 bits per heavy atom. The summed E-state index contributed by atoms with van der Waals surface area (Å²) in [5, 5.41) is 11.5. The van der Waals surface area contributed by atoms with Gasteiger partial charge in [0, 0.05) is 19.2 Å². The highest BCUT2D eigenvalue weighted by Crippen LogP contribution is 2.18. The maximum absolute atomic E-state index is 12.2. The van der Waals surface area contributed by atoms with Crippen molar-refractivity contribution in [2.24, 2.45) is 0 Å². The molecule has 21 heavy (non-hydrogen) atoms. The summed E-state index contributed by atoms with van der Waals surface area (Å²) in [4.78, 5) is 16.2. The molecule has 0 saturated carbocycles. The molecule has 3 rings (SSSR count). The van der Waals surface area contributed by atoms with Crippen molar-refractivity contribution in [3.8, 4) is 0 Å². The predicted molar refractivity (Wildman–Crippen MR) is 77.7 cm³/mol. The summed E-state index contributed by atoms with van der Waals surface area (Å²) in [6, 6.07) is 5.11. The lowest BCUT2D eigenvalue weighted by atomic mass is 10.2. The number of rotatable bonds is 3. The molecule has 1 aliphatic rings. The quantitative estimate of drug-likeness (QED) is 0.934. The summed E-state index contributed by atoms with van der Waals surface area (Å²) in [6.07, 6.45) is 6.10. The third-order valence-electron chi connectivity index (χ3n) is 3.77. The Kier molecular flexibility index (Phi) is 3.94. The van der Waals surface area contributed by atoms with E-state index in [9.17, 15) is 4.79 Å². The van der Waals surface area contributed by atoms with E-state index in [4.69, 9.17) is 0 Å². The molecule has 0 fully saturated rings. The molecule has 110 valence electrons. The standard InChI is InChI=1S/C15H19N5O/c1-11(17-15(21)12-7-4-5-9-16-12)14-19-18-13-8-3-2-6-10-20(13)14/h4-5,7,9,11H,2-3,6,8,10H2,1H3,(H,17,21)/t11-/m0/s1. The molecule has 0 saturated heterocycles. The second-order valence-electron chi connectivity index (χ2n) is 5.35. The fourth-order valence-corrected chi connectivity index (χ4v) is 2.66. The van der Waals surface area contributed by atoms with Crippen molar-refractivity contribution in [2.75, 3.05) is 0 Å². The molecule has 0 aliphatic carbocycles. The fraction of sp³-hybridized carbons (Fsp3) is 0.467. The molecule has 6 heteroatoms. The smallest absolute Gasteiger partial charge is 0.270 e. The van der Waals surface area contributed by atoms with Crippen molar-refractivity contribution in [1.29, 1.82) is 0 Å². The minimum absolute atomic E-state index is 0.182. The van der Waals surface area contributed by atoms with Gasteiger partial charge in [-0.2, -0.15) is 0 Å². The zero-order chi connectivity index (χ0) is 14.7. The van der Waals surface area contributed by atoms with Crippen LogP contribution < -0.4 is 5.32 Å². The fourth-order valence-electron chi connectivity index (χ4n) is 2.66. The first-order valence-electron chi connectivity index (χ1n) is 7.39. The summed E-state index contributed by atoms with van der Waals surface area (Å²) in [5.41, 5.74) is 0.417.